The van der Waals surface area contributed by atoms with Gasteiger partial charge in [0.05, 0.1) is 11.2 Å². The number of hydrogen-bond acceptors (Lipinski definition) is 8. The normalized spacial score (nSPS) is 10.4. The highest BCUT2D eigenvalue weighted by atomic mass is 16.6. The quantitative estimate of drug-likeness (QED) is 0.400. The number of hydrogen-bond donors (Lipinski definition) is 0. The van der Waals surface area contributed by atoms with E-state index in [0.717, 1.165) is 0 Å². The summed E-state index contributed by atoms with van der Waals surface area (Å²) < 4.78 is 15.3. The van der Waals surface area contributed by atoms with Crippen LogP contribution in [0.25, 0.3) is 11.7 Å². The molecule has 2 aromatic heterocycles. The van der Waals surface area contributed by atoms with Crippen molar-refractivity contribution in [3.63, 3.8) is 0 Å². The Morgan fingerprint density at radius 1 is 1.22 bits per heavy atom. The number of nitro groups is 1. The monoisotopic (exact) mass is 315 g/mol. The zero-order chi connectivity index (χ0) is 16.2. The molecule has 0 N–H and O–H groups in total. The second kappa shape index (κ2) is 6.10. The molecule has 0 spiro atoms. The van der Waals surface area contributed by atoms with Gasteiger partial charge in [-0.15, -0.1) is 10.2 Å². The standard InChI is InChI=1S/C14H9N3O6/c18-14(9-4-1-2-5-10(9)17(19)20)22-8-12-15-16-13(23-12)11-6-3-7-21-11/h1-7H,8H2. The Morgan fingerprint density at radius 2 is 2.04 bits per heavy atom. The maximum absolute atomic E-state index is 11.9. The Bertz CT molecular complexity index is 840. The molecule has 9 nitrogen and oxygen atoms in total. The Hall–Kier alpha value is -3.49. The minimum absolute atomic E-state index is 0.0448. The van der Waals surface area contributed by atoms with Crippen molar-refractivity contribution in [3.05, 3.63) is 64.2 Å². The van der Waals surface area contributed by atoms with Gasteiger partial charge in [-0.3, -0.25) is 10.1 Å². The first kappa shape index (κ1) is 14.4. The van der Waals surface area contributed by atoms with Crippen LogP contribution in [0.15, 0.2) is 51.5 Å². The largest absolute Gasteiger partial charge is 0.459 e. The maximum atomic E-state index is 11.9. The first-order chi connectivity index (χ1) is 11.1. The van der Waals surface area contributed by atoms with Crippen molar-refractivity contribution in [2.75, 3.05) is 0 Å². The number of furan rings is 1. The van der Waals surface area contributed by atoms with E-state index < -0.39 is 10.9 Å². The van der Waals surface area contributed by atoms with Gasteiger partial charge < -0.3 is 13.6 Å². The summed E-state index contributed by atoms with van der Waals surface area (Å²) in [4.78, 5) is 22.2. The van der Waals surface area contributed by atoms with E-state index in [0.29, 0.717) is 5.76 Å². The average molecular weight is 315 g/mol. The molecule has 3 rings (SSSR count). The number of ether oxygens (including phenoxy) is 1. The van der Waals surface area contributed by atoms with Crippen molar-refractivity contribution in [1.29, 1.82) is 0 Å². The number of carbonyl (C=O) groups is 1. The van der Waals surface area contributed by atoms with Crippen LogP contribution in [0.3, 0.4) is 0 Å². The van der Waals surface area contributed by atoms with E-state index in [1.165, 1.54) is 30.5 Å². The number of carbonyl (C=O) groups excluding carboxylic acids is 1. The summed E-state index contributed by atoms with van der Waals surface area (Å²) in [5, 5.41) is 18.3. The third-order valence-corrected chi connectivity index (χ3v) is 2.85. The Kier molecular flexibility index (Phi) is 3.83. The molecule has 0 unspecified atom stereocenters. The highest BCUT2D eigenvalue weighted by molar-refractivity contribution is 5.93. The molecule has 116 valence electrons. The number of nitro benzene ring substituents is 1. The number of esters is 1. The van der Waals surface area contributed by atoms with Gasteiger partial charge >= 0.3 is 5.97 Å². The van der Waals surface area contributed by atoms with Crippen LogP contribution in [0.4, 0.5) is 5.69 Å². The van der Waals surface area contributed by atoms with E-state index >= 15 is 0 Å². The van der Waals surface area contributed by atoms with Gasteiger partial charge in [0, 0.05) is 6.07 Å². The Morgan fingerprint density at radius 3 is 2.78 bits per heavy atom. The summed E-state index contributed by atoms with van der Waals surface area (Å²) in [6.07, 6.45) is 1.45. The topological polar surface area (TPSA) is 122 Å². The minimum atomic E-state index is -0.852. The number of para-hydroxylation sites is 1. The molecule has 9 heteroatoms. The highest BCUT2D eigenvalue weighted by Gasteiger charge is 2.21. The SMILES string of the molecule is O=C(OCc1nnc(-c2ccco2)o1)c1ccccc1[N+](=O)[O-]. The van der Waals surface area contributed by atoms with Crippen molar-refractivity contribution < 1.29 is 23.3 Å². The summed E-state index contributed by atoms with van der Waals surface area (Å²) in [6, 6.07) is 8.79. The van der Waals surface area contributed by atoms with Gasteiger partial charge in [0.25, 0.3) is 17.5 Å². The fourth-order valence-corrected chi connectivity index (χ4v) is 1.82. The van der Waals surface area contributed by atoms with Gasteiger partial charge in [-0.05, 0) is 18.2 Å². The molecule has 2 heterocycles. The van der Waals surface area contributed by atoms with Gasteiger partial charge in [0.15, 0.2) is 12.4 Å². The van der Waals surface area contributed by atoms with Gasteiger partial charge in [0.2, 0.25) is 0 Å². The molecule has 0 aliphatic heterocycles. The zero-order valence-corrected chi connectivity index (χ0v) is 11.5. The lowest BCUT2D eigenvalue weighted by Gasteiger charge is -2.02. The molecule has 0 amide bonds. The summed E-state index contributed by atoms with van der Waals surface area (Å²) >= 11 is 0. The van der Waals surface area contributed by atoms with E-state index in [9.17, 15) is 14.9 Å². The lowest BCUT2D eigenvalue weighted by atomic mass is 10.2. The first-order valence-electron chi connectivity index (χ1n) is 6.42. The van der Waals surface area contributed by atoms with Crippen molar-refractivity contribution in [2.24, 2.45) is 0 Å². The molecular formula is C14H9N3O6. The molecular weight excluding hydrogens is 306 g/mol. The molecule has 1 aromatic carbocycles. The minimum Gasteiger partial charge on any atom is -0.459 e. The van der Waals surface area contributed by atoms with Crippen LogP contribution < -0.4 is 0 Å². The Balaban J connectivity index is 1.69. The molecule has 0 aliphatic carbocycles. The van der Waals surface area contributed by atoms with Gasteiger partial charge in [-0.2, -0.15) is 0 Å². The molecule has 0 fully saturated rings. The summed E-state index contributed by atoms with van der Waals surface area (Å²) in [5.41, 5.74) is -0.484. The predicted octanol–water partition coefficient (Wildman–Crippen LogP) is 2.59. The first-order valence-corrected chi connectivity index (χ1v) is 6.42. The lowest BCUT2D eigenvalue weighted by molar-refractivity contribution is -0.385. The second-order valence-corrected chi connectivity index (χ2v) is 4.33. The zero-order valence-electron chi connectivity index (χ0n) is 11.5. The van der Waals surface area contributed by atoms with Crippen LogP contribution in [-0.4, -0.2) is 21.1 Å². The van der Waals surface area contributed by atoms with Crippen LogP contribution >= 0.6 is 0 Å². The Labute approximate surface area is 128 Å². The predicted molar refractivity (Wildman–Crippen MR) is 74.2 cm³/mol. The van der Waals surface area contributed by atoms with Crippen LogP contribution in [0.2, 0.25) is 0 Å². The summed E-state index contributed by atoms with van der Waals surface area (Å²) in [5.74, 6) is -0.279. The van der Waals surface area contributed by atoms with Crippen LogP contribution in [0.5, 0.6) is 0 Å². The van der Waals surface area contributed by atoms with Crippen molar-refractivity contribution in [2.45, 2.75) is 6.61 Å². The molecule has 0 bridgehead atoms. The van der Waals surface area contributed by atoms with E-state index in [1.807, 2.05) is 0 Å². The molecule has 3 aromatic rings. The van der Waals surface area contributed by atoms with E-state index in [-0.39, 0.29) is 29.6 Å². The molecule has 0 saturated heterocycles. The summed E-state index contributed by atoms with van der Waals surface area (Å²) in [7, 11) is 0. The van der Waals surface area contributed by atoms with Gasteiger partial charge in [-0.1, -0.05) is 12.1 Å². The molecule has 0 radical (unpaired) electrons. The fourth-order valence-electron chi connectivity index (χ4n) is 1.82. The molecule has 23 heavy (non-hydrogen) atoms. The number of rotatable bonds is 5. The summed E-state index contributed by atoms with van der Waals surface area (Å²) in [6.45, 7) is -0.307. The fraction of sp³-hybridized carbons (Fsp3) is 0.0714. The average Bonchev–Trinajstić information content (AvgIpc) is 3.23. The lowest BCUT2D eigenvalue weighted by Crippen LogP contribution is -2.08. The van der Waals surface area contributed by atoms with Crippen LogP contribution in [0.1, 0.15) is 16.2 Å². The number of benzene rings is 1. The van der Waals surface area contributed by atoms with E-state index in [2.05, 4.69) is 10.2 Å². The molecule has 0 aliphatic rings. The highest BCUT2D eigenvalue weighted by Crippen LogP contribution is 2.20. The third kappa shape index (κ3) is 3.07. The second-order valence-electron chi connectivity index (χ2n) is 4.33. The van der Waals surface area contributed by atoms with Crippen molar-refractivity contribution in [3.8, 4) is 11.7 Å². The van der Waals surface area contributed by atoms with Gasteiger partial charge in [-0.25, -0.2) is 4.79 Å². The van der Waals surface area contributed by atoms with Crippen molar-refractivity contribution >= 4 is 11.7 Å². The van der Waals surface area contributed by atoms with Crippen LogP contribution in [0, 0.1) is 10.1 Å². The molecule has 0 saturated carbocycles. The van der Waals surface area contributed by atoms with E-state index in [1.54, 1.807) is 12.1 Å². The molecule has 0 atom stereocenters. The van der Waals surface area contributed by atoms with Gasteiger partial charge in [0.1, 0.15) is 5.56 Å². The number of nitrogens with zero attached hydrogens (tertiary/aromatic N) is 3. The van der Waals surface area contributed by atoms with Crippen molar-refractivity contribution in [1.82, 2.24) is 10.2 Å². The van der Waals surface area contributed by atoms with Crippen LogP contribution in [-0.2, 0) is 11.3 Å². The van der Waals surface area contributed by atoms with E-state index in [4.69, 9.17) is 13.6 Å². The third-order valence-electron chi connectivity index (χ3n) is 2.85. The number of aromatic nitrogens is 2. The maximum Gasteiger partial charge on any atom is 0.345 e. The smallest absolute Gasteiger partial charge is 0.345 e.